The Morgan fingerprint density at radius 2 is 2.11 bits per heavy atom. The number of likely N-dealkylation sites (N-methyl/N-ethyl adjacent to an activating group) is 1. The number of carbonyl (C=O) groups is 1. The average molecular weight is 368 g/mol. The van der Waals surface area contributed by atoms with Crippen molar-refractivity contribution in [3.8, 4) is 11.5 Å². The van der Waals surface area contributed by atoms with Gasteiger partial charge in [0.15, 0.2) is 11.5 Å². The summed E-state index contributed by atoms with van der Waals surface area (Å²) in [6.07, 6.45) is 3.34. The molecule has 1 fully saturated rings. The summed E-state index contributed by atoms with van der Waals surface area (Å²) in [6.45, 7) is 3.88. The first-order valence-corrected chi connectivity index (χ1v) is 9.43. The second-order valence-corrected chi connectivity index (χ2v) is 7.10. The van der Waals surface area contributed by atoms with Crippen LogP contribution in [0.4, 0.5) is 0 Å². The van der Waals surface area contributed by atoms with Crippen molar-refractivity contribution >= 4 is 5.97 Å². The minimum Gasteiger partial charge on any atom is -0.481 e. The topological polar surface area (TPSA) is 71.9 Å². The number of hydrogen-bond acceptors (Lipinski definition) is 5. The molecule has 142 valence electrons. The second-order valence-electron chi connectivity index (χ2n) is 7.10. The van der Waals surface area contributed by atoms with Crippen LogP contribution >= 0.6 is 0 Å². The van der Waals surface area contributed by atoms with Crippen LogP contribution in [0.15, 0.2) is 42.6 Å². The smallest absolute Gasteiger partial charge is 0.308 e. The summed E-state index contributed by atoms with van der Waals surface area (Å²) in [5.41, 5.74) is 2.01. The molecule has 3 heterocycles. The minimum absolute atomic E-state index is 0.00932. The van der Waals surface area contributed by atoms with E-state index >= 15 is 0 Å². The molecule has 4 rings (SSSR count). The number of carboxylic acids is 1. The molecule has 2 aliphatic heterocycles. The number of rotatable bonds is 6. The van der Waals surface area contributed by atoms with E-state index in [9.17, 15) is 9.90 Å². The number of likely N-dealkylation sites (tertiary alicyclic amines) is 1. The number of fused-ring (bicyclic) bond motifs is 1. The lowest BCUT2D eigenvalue weighted by atomic mass is 9.83. The van der Waals surface area contributed by atoms with Crippen LogP contribution in [0.1, 0.15) is 30.5 Å². The first-order chi connectivity index (χ1) is 13.2. The molecular weight excluding hydrogens is 344 g/mol. The number of carboxylic acid groups (broad SMARTS) is 1. The predicted octanol–water partition coefficient (Wildman–Crippen LogP) is 2.93. The zero-order valence-electron chi connectivity index (χ0n) is 15.4. The Balaban J connectivity index is 1.58. The third-order valence-electron chi connectivity index (χ3n) is 5.69. The highest BCUT2D eigenvalue weighted by Gasteiger charge is 2.45. The lowest BCUT2D eigenvalue weighted by molar-refractivity contribution is -0.143. The van der Waals surface area contributed by atoms with Crippen molar-refractivity contribution in [1.82, 2.24) is 9.88 Å². The summed E-state index contributed by atoms with van der Waals surface area (Å²) in [5, 5.41) is 10.0. The molecule has 0 saturated carbocycles. The molecule has 27 heavy (non-hydrogen) atoms. The van der Waals surface area contributed by atoms with Gasteiger partial charge >= 0.3 is 5.97 Å². The number of nitrogens with zero attached hydrogens (tertiary/aromatic N) is 2. The summed E-state index contributed by atoms with van der Waals surface area (Å²) in [5.74, 6) is 0.179. The third-order valence-corrected chi connectivity index (χ3v) is 5.69. The van der Waals surface area contributed by atoms with Gasteiger partial charge in [-0.25, -0.2) is 0 Å². The maximum absolute atomic E-state index is 12.2. The molecule has 1 N–H and O–H groups in total. The standard InChI is InChI=1S/C21H24N2O4/c1-2-23-12-16(14-6-9-18-19(11-14)27-13-26-18)20(21(24)25)17(23)8-7-15-5-3-4-10-22-15/h3-6,9-11,16-17,20H,2,7-8,12-13H2,1H3,(H,24,25)/t16-,17+,20-/m1/s1. The van der Waals surface area contributed by atoms with Crippen LogP contribution < -0.4 is 9.47 Å². The number of hydrogen-bond donors (Lipinski definition) is 1. The van der Waals surface area contributed by atoms with Crippen molar-refractivity contribution in [3.63, 3.8) is 0 Å². The van der Waals surface area contributed by atoms with Gasteiger partial charge in [0.2, 0.25) is 6.79 Å². The molecule has 6 heteroatoms. The van der Waals surface area contributed by atoms with E-state index in [1.807, 2.05) is 36.4 Å². The molecule has 3 atom stereocenters. The normalized spacial score (nSPS) is 24.3. The van der Waals surface area contributed by atoms with Crippen LogP contribution in [0, 0.1) is 5.92 Å². The summed E-state index contributed by atoms with van der Waals surface area (Å²) < 4.78 is 10.9. The van der Waals surface area contributed by atoms with Crippen molar-refractivity contribution < 1.29 is 19.4 Å². The van der Waals surface area contributed by atoms with Crippen LogP contribution in [-0.4, -0.2) is 46.9 Å². The van der Waals surface area contributed by atoms with E-state index in [1.165, 1.54) is 0 Å². The Labute approximate surface area is 158 Å². The van der Waals surface area contributed by atoms with E-state index in [2.05, 4.69) is 16.8 Å². The third kappa shape index (κ3) is 3.49. The van der Waals surface area contributed by atoms with E-state index in [4.69, 9.17) is 9.47 Å². The van der Waals surface area contributed by atoms with Gasteiger partial charge in [0.25, 0.3) is 0 Å². The summed E-state index contributed by atoms with van der Waals surface area (Å²) in [7, 11) is 0. The van der Waals surface area contributed by atoms with Gasteiger partial charge < -0.3 is 14.6 Å². The van der Waals surface area contributed by atoms with E-state index in [1.54, 1.807) is 6.20 Å². The monoisotopic (exact) mass is 368 g/mol. The number of aryl methyl sites for hydroxylation is 1. The number of aliphatic carboxylic acids is 1. The Hall–Kier alpha value is -2.60. The van der Waals surface area contributed by atoms with E-state index in [0.717, 1.165) is 42.9 Å². The van der Waals surface area contributed by atoms with E-state index < -0.39 is 11.9 Å². The molecule has 0 bridgehead atoms. The first kappa shape index (κ1) is 17.8. The Morgan fingerprint density at radius 1 is 1.26 bits per heavy atom. The predicted molar refractivity (Wildman–Crippen MR) is 100 cm³/mol. The van der Waals surface area contributed by atoms with Gasteiger partial charge in [0, 0.05) is 30.4 Å². The zero-order chi connectivity index (χ0) is 18.8. The molecule has 0 spiro atoms. The molecule has 0 radical (unpaired) electrons. The van der Waals surface area contributed by atoms with Crippen molar-refractivity contribution in [3.05, 3.63) is 53.9 Å². The van der Waals surface area contributed by atoms with Gasteiger partial charge in [-0.2, -0.15) is 0 Å². The molecule has 1 aromatic carbocycles. The fraction of sp³-hybridized carbons (Fsp3) is 0.429. The van der Waals surface area contributed by atoms with Gasteiger partial charge in [-0.15, -0.1) is 0 Å². The van der Waals surface area contributed by atoms with Gasteiger partial charge in [-0.3, -0.25) is 14.7 Å². The second kappa shape index (κ2) is 7.56. The average Bonchev–Trinajstić information content (AvgIpc) is 3.30. The van der Waals surface area contributed by atoms with Crippen LogP contribution in [0.5, 0.6) is 11.5 Å². The SMILES string of the molecule is CCN1C[C@H](c2ccc3c(c2)OCO3)[C@@H](C(=O)O)[C@@H]1CCc1ccccn1. The lowest BCUT2D eigenvalue weighted by Gasteiger charge is -2.25. The van der Waals surface area contributed by atoms with E-state index in [-0.39, 0.29) is 18.8 Å². The number of pyridine rings is 1. The Kier molecular flexibility index (Phi) is 4.99. The Morgan fingerprint density at radius 3 is 2.85 bits per heavy atom. The largest absolute Gasteiger partial charge is 0.481 e. The Bertz CT molecular complexity index is 811. The highest BCUT2D eigenvalue weighted by molar-refractivity contribution is 5.73. The minimum atomic E-state index is -0.736. The molecule has 1 aromatic heterocycles. The highest BCUT2D eigenvalue weighted by Crippen LogP contribution is 2.42. The summed E-state index contributed by atoms with van der Waals surface area (Å²) in [6, 6.07) is 11.7. The summed E-state index contributed by atoms with van der Waals surface area (Å²) >= 11 is 0. The number of ether oxygens (including phenoxy) is 2. The van der Waals surface area contributed by atoms with Crippen molar-refractivity contribution in [2.75, 3.05) is 19.9 Å². The number of benzene rings is 1. The summed E-state index contributed by atoms with van der Waals surface area (Å²) in [4.78, 5) is 18.9. The maximum atomic E-state index is 12.2. The molecular formula is C21H24N2O4. The zero-order valence-corrected chi connectivity index (χ0v) is 15.4. The molecule has 0 aliphatic carbocycles. The molecule has 0 unspecified atom stereocenters. The van der Waals surface area contributed by atoms with Crippen LogP contribution in [0.2, 0.25) is 0 Å². The number of aromatic nitrogens is 1. The molecule has 0 amide bonds. The van der Waals surface area contributed by atoms with Gasteiger partial charge in [0.05, 0.1) is 5.92 Å². The van der Waals surface area contributed by atoms with Crippen molar-refractivity contribution in [1.29, 1.82) is 0 Å². The first-order valence-electron chi connectivity index (χ1n) is 9.43. The van der Waals surface area contributed by atoms with E-state index in [0.29, 0.717) is 5.75 Å². The molecule has 2 aromatic rings. The van der Waals surface area contributed by atoms with Crippen LogP contribution in [0.25, 0.3) is 0 Å². The van der Waals surface area contributed by atoms with Crippen LogP contribution in [0.3, 0.4) is 0 Å². The fourth-order valence-corrected chi connectivity index (χ4v) is 4.36. The van der Waals surface area contributed by atoms with Crippen molar-refractivity contribution in [2.24, 2.45) is 5.92 Å². The van der Waals surface area contributed by atoms with Gasteiger partial charge in [-0.1, -0.05) is 19.1 Å². The molecule has 6 nitrogen and oxygen atoms in total. The highest BCUT2D eigenvalue weighted by atomic mass is 16.7. The van der Waals surface area contributed by atoms with Gasteiger partial charge in [-0.05, 0) is 49.2 Å². The maximum Gasteiger partial charge on any atom is 0.308 e. The fourth-order valence-electron chi connectivity index (χ4n) is 4.36. The van der Waals surface area contributed by atoms with Crippen LogP contribution in [-0.2, 0) is 11.2 Å². The molecule has 1 saturated heterocycles. The molecule has 2 aliphatic rings. The lowest BCUT2D eigenvalue weighted by Crippen LogP contribution is -2.36. The quantitative estimate of drug-likeness (QED) is 0.845. The van der Waals surface area contributed by atoms with Gasteiger partial charge in [0.1, 0.15) is 0 Å². The van der Waals surface area contributed by atoms with Crippen molar-refractivity contribution in [2.45, 2.75) is 31.7 Å².